The maximum absolute atomic E-state index is 12.2. The van der Waals surface area contributed by atoms with Crippen LogP contribution in [0.5, 0.6) is 0 Å². The second-order valence-electron chi connectivity index (χ2n) is 6.69. The molecule has 0 radical (unpaired) electrons. The molecule has 2 N–H and O–H groups in total. The van der Waals surface area contributed by atoms with Gasteiger partial charge in [-0.25, -0.2) is 0 Å². The summed E-state index contributed by atoms with van der Waals surface area (Å²) in [5.41, 5.74) is 6.74. The molecule has 1 aromatic heterocycles. The van der Waals surface area contributed by atoms with Gasteiger partial charge in [-0.2, -0.15) is 0 Å². The highest BCUT2D eigenvalue weighted by molar-refractivity contribution is 7.18. The van der Waals surface area contributed by atoms with Gasteiger partial charge in [0.25, 0.3) is 0 Å². The Labute approximate surface area is 130 Å². The number of carbonyl (C=O) groups is 1. The van der Waals surface area contributed by atoms with Crippen molar-refractivity contribution in [2.75, 3.05) is 43.4 Å². The molecule has 0 atom stereocenters. The minimum absolute atomic E-state index is 0.252. The fourth-order valence-corrected chi connectivity index (χ4v) is 4.09. The van der Waals surface area contributed by atoms with Crippen molar-refractivity contribution in [3.8, 4) is 0 Å². The molecule has 4 nitrogen and oxygen atoms in total. The Balaban J connectivity index is 1.63. The van der Waals surface area contributed by atoms with E-state index in [1.54, 1.807) is 11.3 Å². The Hall–Kier alpha value is -1.07. The highest BCUT2D eigenvalue weighted by Gasteiger charge is 2.33. The Kier molecular flexibility index (Phi) is 4.22. The molecule has 0 amide bonds. The number of rotatable bonds is 5. The van der Waals surface area contributed by atoms with E-state index in [0.717, 1.165) is 49.8 Å². The summed E-state index contributed by atoms with van der Waals surface area (Å²) in [6.45, 7) is 9.97. The van der Waals surface area contributed by atoms with Crippen molar-refractivity contribution in [2.24, 2.45) is 11.8 Å². The van der Waals surface area contributed by atoms with E-state index in [1.165, 1.54) is 11.5 Å². The molecule has 2 fully saturated rings. The van der Waals surface area contributed by atoms with Crippen LogP contribution in [0.15, 0.2) is 6.07 Å². The number of thiophene rings is 1. The normalized spacial score (nSPS) is 20.2. The lowest BCUT2D eigenvalue weighted by molar-refractivity contribution is 0.0972. The number of ketones is 1. The average molecular weight is 307 g/mol. The standard InChI is InChI=1S/C16H25N3OS/c1-11(2)10-18-5-7-19(8-6-18)14-9-13(17)16(21-14)15(20)12-3-4-12/h9,11-12H,3-8,10,17H2,1-2H3. The van der Waals surface area contributed by atoms with E-state index in [2.05, 4.69) is 23.6 Å². The fraction of sp³-hybridized carbons (Fsp3) is 0.688. The lowest BCUT2D eigenvalue weighted by atomic mass is 10.2. The number of piperazine rings is 1. The maximum atomic E-state index is 12.2. The summed E-state index contributed by atoms with van der Waals surface area (Å²) in [4.78, 5) is 17.9. The topological polar surface area (TPSA) is 49.6 Å². The zero-order chi connectivity index (χ0) is 15.0. The van der Waals surface area contributed by atoms with Crippen molar-refractivity contribution in [2.45, 2.75) is 26.7 Å². The predicted octanol–water partition coefficient (Wildman–Crippen LogP) is 2.70. The highest BCUT2D eigenvalue weighted by atomic mass is 32.1. The Morgan fingerprint density at radius 1 is 1.33 bits per heavy atom. The number of nitrogen functional groups attached to an aromatic ring is 1. The first-order chi connectivity index (χ1) is 10.0. The second-order valence-corrected chi connectivity index (χ2v) is 7.72. The first-order valence-electron chi connectivity index (χ1n) is 7.95. The summed E-state index contributed by atoms with van der Waals surface area (Å²) >= 11 is 1.59. The van der Waals surface area contributed by atoms with E-state index in [0.29, 0.717) is 5.69 Å². The zero-order valence-corrected chi connectivity index (χ0v) is 13.8. The number of hydrogen-bond donors (Lipinski definition) is 1. The van der Waals surface area contributed by atoms with Crippen LogP contribution in [0.4, 0.5) is 10.7 Å². The first-order valence-corrected chi connectivity index (χ1v) is 8.77. The van der Waals surface area contributed by atoms with Crippen molar-refractivity contribution < 1.29 is 4.79 Å². The van der Waals surface area contributed by atoms with Crippen LogP contribution in [0.3, 0.4) is 0 Å². The van der Waals surface area contributed by atoms with Crippen LogP contribution < -0.4 is 10.6 Å². The first kappa shape index (κ1) is 14.9. The molecular weight excluding hydrogens is 282 g/mol. The van der Waals surface area contributed by atoms with Gasteiger partial charge in [0.1, 0.15) is 0 Å². The molecule has 2 heterocycles. The third-order valence-corrected chi connectivity index (χ3v) is 5.45. The Morgan fingerprint density at radius 3 is 2.57 bits per heavy atom. The van der Waals surface area contributed by atoms with Crippen LogP contribution in [0.25, 0.3) is 0 Å². The van der Waals surface area contributed by atoms with Gasteiger partial charge in [0.2, 0.25) is 0 Å². The van der Waals surface area contributed by atoms with E-state index in [-0.39, 0.29) is 11.7 Å². The smallest absolute Gasteiger partial charge is 0.178 e. The summed E-state index contributed by atoms with van der Waals surface area (Å²) in [7, 11) is 0. The van der Waals surface area contributed by atoms with Crippen molar-refractivity contribution in [1.82, 2.24) is 4.90 Å². The molecule has 116 valence electrons. The minimum Gasteiger partial charge on any atom is -0.397 e. The molecule has 2 aliphatic rings. The van der Waals surface area contributed by atoms with Crippen LogP contribution in [-0.2, 0) is 0 Å². The van der Waals surface area contributed by atoms with Gasteiger partial charge < -0.3 is 10.6 Å². The highest BCUT2D eigenvalue weighted by Crippen LogP contribution is 2.40. The molecule has 3 rings (SSSR count). The predicted molar refractivity (Wildman–Crippen MR) is 89.3 cm³/mol. The van der Waals surface area contributed by atoms with Gasteiger partial charge in [0.15, 0.2) is 5.78 Å². The van der Waals surface area contributed by atoms with E-state index >= 15 is 0 Å². The molecule has 1 aliphatic heterocycles. The van der Waals surface area contributed by atoms with E-state index in [1.807, 2.05) is 6.07 Å². The van der Waals surface area contributed by atoms with Gasteiger partial charge in [0, 0.05) is 38.6 Å². The van der Waals surface area contributed by atoms with E-state index in [4.69, 9.17) is 5.73 Å². The number of Topliss-reactive ketones (excluding diaryl/α,β-unsaturated/α-hetero) is 1. The quantitative estimate of drug-likeness (QED) is 0.850. The molecule has 5 heteroatoms. The monoisotopic (exact) mass is 307 g/mol. The third-order valence-electron chi connectivity index (χ3n) is 4.23. The van der Waals surface area contributed by atoms with Crippen molar-refractivity contribution in [3.63, 3.8) is 0 Å². The lowest BCUT2D eigenvalue weighted by Gasteiger charge is -2.36. The molecule has 1 aliphatic carbocycles. The summed E-state index contributed by atoms with van der Waals surface area (Å²) in [6, 6.07) is 2.00. The summed E-state index contributed by atoms with van der Waals surface area (Å²) in [5, 5.41) is 1.17. The molecule has 0 aromatic carbocycles. The maximum Gasteiger partial charge on any atom is 0.178 e. The van der Waals surface area contributed by atoms with Crippen LogP contribution >= 0.6 is 11.3 Å². The van der Waals surface area contributed by atoms with Crippen molar-refractivity contribution in [3.05, 3.63) is 10.9 Å². The number of hydrogen-bond acceptors (Lipinski definition) is 5. The zero-order valence-electron chi connectivity index (χ0n) is 13.0. The fourth-order valence-electron chi connectivity index (χ4n) is 2.94. The molecule has 1 saturated carbocycles. The minimum atomic E-state index is 0.252. The van der Waals surface area contributed by atoms with Crippen LogP contribution in [0.2, 0.25) is 0 Å². The van der Waals surface area contributed by atoms with E-state index in [9.17, 15) is 4.79 Å². The number of nitrogens with zero attached hydrogens (tertiary/aromatic N) is 2. The van der Waals surface area contributed by atoms with Crippen molar-refractivity contribution >= 4 is 27.8 Å². The molecule has 0 bridgehead atoms. The number of anilines is 2. The van der Waals surface area contributed by atoms with Crippen molar-refractivity contribution in [1.29, 1.82) is 0 Å². The van der Waals surface area contributed by atoms with Crippen LogP contribution in [0, 0.1) is 11.8 Å². The van der Waals surface area contributed by atoms with E-state index < -0.39 is 0 Å². The third kappa shape index (κ3) is 3.40. The molecule has 1 aromatic rings. The van der Waals surface area contributed by atoms with Gasteiger partial charge >= 0.3 is 0 Å². The van der Waals surface area contributed by atoms with Gasteiger partial charge in [0.05, 0.1) is 15.6 Å². The van der Waals surface area contributed by atoms with Gasteiger partial charge in [-0.15, -0.1) is 11.3 Å². The summed E-state index contributed by atoms with van der Waals surface area (Å²) in [6.07, 6.45) is 2.08. The Bertz CT molecular complexity index is 514. The number of carbonyl (C=O) groups excluding carboxylic acids is 1. The van der Waals surface area contributed by atoms with Gasteiger partial charge in [-0.3, -0.25) is 9.69 Å². The van der Waals surface area contributed by atoms with Gasteiger partial charge in [-0.05, 0) is 24.8 Å². The SMILES string of the molecule is CC(C)CN1CCN(c2cc(N)c(C(=O)C3CC3)s2)CC1. The number of nitrogens with two attached hydrogens (primary N) is 1. The largest absolute Gasteiger partial charge is 0.397 e. The lowest BCUT2D eigenvalue weighted by Crippen LogP contribution is -2.47. The van der Waals surface area contributed by atoms with Crippen LogP contribution in [-0.4, -0.2) is 43.4 Å². The average Bonchev–Trinajstić information content (AvgIpc) is 3.21. The molecule has 0 spiro atoms. The van der Waals surface area contributed by atoms with Crippen LogP contribution in [0.1, 0.15) is 36.4 Å². The van der Waals surface area contributed by atoms with Gasteiger partial charge in [-0.1, -0.05) is 13.8 Å². The molecule has 1 saturated heterocycles. The summed E-state index contributed by atoms with van der Waals surface area (Å²) < 4.78 is 0. The Morgan fingerprint density at radius 2 is 2.00 bits per heavy atom. The molecule has 21 heavy (non-hydrogen) atoms. The molecular formula is C16H25N3OS. The summed E-state index contributed by atoms with van der Waals surface area (Å²) in [5.74, 6) is 1.24. The molecule has 0 unspecified atom stereocenters. The second kappa shape index (κ2) is 5.97.